The highest BCUT2D eigenvalue weighted by atomic mass is 15.0. The molecule has 1 aliphatic carbocycles. The zero-order valence-electron chi connectivity index (χ0n) is 28.2. The fourth-order valence-electron chi connectivity index (χ4n) is 7.70. The van der Waals surface area contributed by atoms with Crippen molar-refractivity contribution in [2.24, 2.45) is 0 Å². The van der Waals surface area contributed by atoms with Crippen molar-refractivity contribution in [3.05, 3.63) is 188 Å². The summed E-state index contributed by atoms with van der Waals surface area (Å²) in [4.78, 5) is 14.9. The molecule has 242 valence electrons. The molecule has 9 aromatic rings. The Morgan fingerprint density at radius 2 is 0.635 bits per heavy atom. The molecular weight excluding hydrogens is 631 g/mol. The third-order valence-electron chi connectivity index (χ3n) is 10.1. The van der Waals surface area contributed by atoms with E-state index in [1.807, 2.05) is 60.7 Å². The zero-order valence-corrected chi connectivity index (χ0v) is 28.2. The maximum Gasteiger partial charge on any atom is 0.164 e. The molecule has 3 nitrogen and oxygen atoms in total. The van der Waals surface area contributed by atoms with Crippen LogP contribution in [0.2, 0.25) is 0 Å². The van der Waals surface area contributed by atoms with Crippen LogP contribution in [0, 0.1) is 0 Å². The topological polar surface area (TPSA) is 38.7 Å². The average Bonchev–Trinajstić information content (AvgIpc) is 3.57. The maximum atomic E-state index is 4.99. The molecule has 3 heteroatoms. The highest BCUT2D eigenvalue weighted by molar-refractivity contribution is 6.22. The van der Waals surface area contributed by atoms with E-state index in [1.54, 1.807) is 0 Å². The molecule has 0 saturated carbocycles. The molecule has 0 saturated heterocycles. The Kier molecular flexibility index (Phi) is 7.14. The van der Waals surface area contributed by atoms with Gasteiger partial charge in [0.2, 0.25) is 0 Å². The Labute approximate surface area is 302 Å². The second-order valence-electron chi connectivity index (χ2n) is 13.2. The van der Waals surface area contributed by atoms with Gasteiger partial charge in [0.15, 0.2) is 17.5 Å². The Hall–Kier alpha value is -6.97. The lowest BCUT2D eigenvalue weighted by Gasteiger charge is -2.21. The van der Waals surface area contributed by atoms with Crippen molar-refractivity contribution >= 4 is 10.8 Å². The molecule has 0 aliphatic heterocycles. The van der Waals surface area contributed by atoms with Crippen molar-refractivity contribution in [3.8, 4) is 89.8 Å². The van der Waals surface area contributed by atoms with E-state index in [9.17, 15) is 0 Å². The minimum atomic E-state index is 0.642. The lowest BCUT2D eigenvalue weighted by atomic mass is 9.82. The van der Waals surface area contributed by atoms with Crippen LogP contribution in [-0.4, -0.2) is 15.0 Å². The van der Waals surface area contributed by atoms with Crippen LogP contribution < -0.4 is 0 Å². The van der Waals surface area contributed by atoms with Gasteiger partial charge in [-0.05, 0) is 72.5 Å². The average molecular weight is 662 g/mol. The van der Waals surface area contributed by atoms with E-state index in [0.29, 0.717) is 17.5 Å². The molecular formula is C49H31N3. The van der Waals surface area contributed by atoms with Gasteiger partial charge in [-0.3, -0.25) is 0 Å². The summed E-state index contributed by atoms with van der Waals surface area (Å²) in [6, 6.07) is 66.4. The largest absolute Gasteiger partial charge is 0.208 e. The van der Waals surface area contributed by atoms with Gasteiger partial charge in [-0.15, -0.1) is 0 Å². The third kappa shape index (κ3) is 5.02. The van der Waals surface area contributed by atoms with Gasteiger partial charge in [0, 0.05) is 16.7 Å². The first kappa shape index (κ1) is 29.9. The summed E-state index contributed by atoms with van der Waals surface area (Å²) in [6.07, 6.45) is 0. The summed E-state index contributed by atoms with van der Waals surface area (Å²) in [5.41, 5.74) is 15.2. The van der Waals surface area contributed by atoms with Gasteiger partial charge in [0.25, 0.3) is 0 Å². The van der Waals surface area contributed by atoms with Gasteiger partial charge in [-0.1, -0.05) is 182 Å². The van der Waals surface area contributed by atoms with Crippen LogP contribution in [-0.2, 0) is 0 Å². The van der Waals surface area contributed by atoms with Gasteiger partial charge in [-0.2, -0.15) is 0 Å². The van der Waals surface area contributed by atoms with Crippen molar-refractivity contribution in [2.75, 3.05) is 0 Å². The van der Waals surface area contributed by atoms with Crippen molar-refractivity contribution in [1.82, 2.24) is 15.0 Å². The number of hydrogen-bond acceptors (Lipinski definition) is 3. The van der Waals surface area contributed by atoms with Gasteiger partial charge >= 0.3 is 0 Å². The molecule has 0 spiro atoms. The van der Waals surface area contributed by atoms with Crippen LogP contribution in [0.3, 0.4) is 0 Å². The van der Waals surface area contributed by atoms with Crippen LogP contribution >= 0.6 is 0 Å². The molecule has 0 bridgehead atoms. The Balaban J connectivity index is 1.19. The van der Waals surface area contributed by atoms with Crippen LogP contribution in [0.1, 0.15) is 0 Å². The SMILES string of the molecule is c1ccc(-c2nc(-c3ccccc3)nc(-c3ccc(-c4cc(-c5ccccc5)c5c(c4-c4ccccc4)-c4cccc6cccc-5c46)cc3)n2)cc1. The number of aromatic nitrogens is 3. The fourth-order valence-corrected chi connectivity index (χ4v) is 7.70. The number of nitrogens with zero attached hydrogens (tertiary/aromatic N) is 3. The van der Waals surface area contributed by atoms with E-state index in [4.69, 9.17) is 15.0 Å². The molecule has 0 fully saturated rings. The second kappa shape index (κ2) is 12.4. The summed E-state index contributed by atoms with van der Waals surface area (Å²) in [5, 5.41) is 2.58. The van der Waals surface area contributed by atoms with Crippen molar-refractivity contribution in [2.45, 2.75) is 0 Å². The summed E-state index contributed by atoms with van der Waals surface area (Å²) < 4.78 is 0. The van der Waals surface area contributed by atoms with E-state index in [2.05, 4.69) is 127 Å². The maximum absolute atomic E-state index is 4.99. The van der Waals surface area contributed by atoms with E-state index < -0.39 is 0 Å². The molecule has 0 unspecified atom stereocenters. The summed E-state index contributed by atoms with van der Waals surface area (Å²) in [5.74, 6) is 1.95. The number of fused-ring (bicyclic) bond motifs is 3. The highest BCUT2D eigenvalue weighted by Gasteiger charge is 2.30. The number of benzene rings is 8. The predicted octanol–water partition coefficient (Wildman–Crippen LogP) is 12.7. The minimum absolute atomic E-state index is 0.642. The van der Waals surface area contributed by atoms with Crippen LogP contribution in [0.15, 0.2) is 188 Å². The lowest BCUT2D eigenvalue weighted by Crippen LogP contribution is -2.00. The number of rotatable bonds is 6. The molecule has 1 heterocycles. The first-order valence-electron chi connectivity index (χ1n) is 17.6. The first-order valence-corrected chi connectivity index (χ1v) is 17.6. The van der Waals surface area contributed by atoms with E-state index in [-0.39, 0.29) is 0 Å². The van der Waals surface area contributed by atoms with Crippen molar-refractivity contribution < 1.29 is 0 Å². The highest BCUT2D eigenvalue weighted by Crippen LogP contribution is 2.57. The van der Waals surface area contributed by atoms with E-state index in [1.165, 1.54) is 60.8 Å². The van der Waals surface area contributed by atoms with Crippen LogP contribution in [0.25, 0.3) is 101 Å². The minimum Gasteiger partial charge on any atom is -0.208 e. The van der Waals surface area contributed by atoms with E-state index >= 15 is 0 Å². The number of hydrogen-bond donors (Lipinski definition) is 0. The van der Waals surface area contributed by atoms with Gasteiger partial charge < -0.3 is 0 Å². The summed E-state index contributed by atoms with van der Waals surface area (Å²) in [6.45, 7) is 0. The Bertz CT molecular complexity index is 2680. The fraction of sp³-hybridized carbons (Fsp3) is 0. The molecule has 1 aromatic heterocycles. The van der Waals surface area contributed by atoms with Crippen molar-refractivity contribution in [3.63, 3.8) is 0 Å². The Morgan fingerprint density at radius 1 is 0.250 bits per heavy atom. The lowest BCUT2D eigenvalue weighted by molar-refractivity contribution is 1.07. The molecule has 0 amide bonds. The monoisotopic (exact) mass is 661 g/mol. The molecule has 8 aromatic carbocycles. The van der Waals surface area contributed by atoms with Gasteiger partial charge in [-0.25, -0.2) is 15.0 Å². The van der Waals surface area contributed by atoms with Gasteiger partial charge in [0.1, 0.15) is 0 Å². The smallest absolute Gasteiger partial charge is 0.164 e. The predicted molar refractivity (Wildman–Crippen MR) is 214 cm³/mol. The molecule has 10 rings (SSSR count). The van der Waals surface area contributed by atoms with E-state index in [0.717, 1.165) is 22.3 Å². The van der Waals surface area contributed by atoms with Crippen molar-refractivity contribution in [1.29, 1.82) is 0 Å². The standard InChI is InChI=1S/C49H31N3/c1-5-15-32(16-6-1)42-31-41(44(35-17-7-2-8-18-35)46-40-26-14-24-34-23-13-25-39(43(34)40)45(42)46)33-27-29-38(30-28-33)49-51-47(36-19-9-3-10-20-36)50-48(52-49)37-21-11-4-12-22-37/h1-31H. The van der Waals surface area contributed by atoms with Crippen LogP contribution in [0.4, 0.5) is 0 Å². The second-order valence-corrected chi connectivity index (χ2v) is 13.2. The summed E-state index contributed by atoms with van der Waals surface area (Å²) >= 11 is 0. The zero-order chi connectivity index (χ0) is 34.4. The summed E-state index contributed by atoms with van der Waals surface area (Å²) in [7, 11) is 0. The molecule has 52 heavy (non-hydrogen) atoms. The molecule has 0 radical (unpaired) electrons. The van der Waals surface area contributed by atoms with Gasteiger partial charge in [0.05, 0.1) is 0 Å². The molecule has 1 aliphatic rings. The molecule has 0 N–H and O–H groups in total. The Morgan fingerprint density at radius 3 is 1.15 bits per heavy atom. The normalized spacial score (nSPS) is 11.5. The van der Waals surface area contributed by atoms with Crippen LogP contribution in [0.5, 0.6) is 0 Å². The third-order valence-corrected chi connectivity index (χ3v) is 10.1. The quantitative estimate of drug-likeness (QED) is 0.178. The first-order chi connectivity index (χ1) is 25.8. The molecule has 0 atom stereocenters.